The Morgan fingerprint density at radius 3 is 2.75 bits per heavy atom. The third kappa shape index (κ3) is 4.19. The van der Waals surface area contributed by atoms with Crippen LogP contribution in [0.5, 0.6) is 0 Å². The molecule has 0 radical (unpaired) electrons. The van der Waals surface area contributed by atoms with E-state index in [2.05, 4.69) is 26.1 Å². The molecule has 0 unspecified atom stereocenters. The minimum Gasteiger partial charge on any atom is -0.314 e. The summed E-state index contributed by atoms with van der Waals surface area (Å²) in [5.74, 6) is 0. The molecule has 0 spiro atoms. The highest BCUT2D eigenvalue weighted by Crippen LogP contribution is 2.17. The molecule has 0 atom stereocenters. The second kappa shape index (κ2) is 5.85. The van der Waals surface area contributed by atoms with Crippen molar-refractivity contribution in [2.45, 2.75) is 33.7 Å². The number of pyridine rings is 1. The molecule has 1 rings (SSSR count). The first-order valence-corrected chi connectivity index (χ1v) is 5.91. The zero-order chi connectivity index (χ0) is 12.0. The molecule has 0 aromatic carbocycles. The second-order valence-electron chi connectivity index (χ2n) is 4.93. The lowest BCUT2D eigenvalue weighted by Gasteiger charge is -2.23. The van der Waals surface area contributed by atoms with E-state index >= 15 is 0 Å². The van der Waals surface area contributed by atoms with Crippen molar-refractivity contribution in [1.82, 2.24) is 9.88 Å². The van der Waals surface area contributed by atoms with Crippen LogP contribution >= 0.6 is 0 Å². The Hall–Kier alpha value is -1.09. The van der Waals surface area contributed by atoms with Gasteiger partial charge in [0, 0.05) is 31.9 Å². The third-order valence-electron chi connectivity index (χ3n) is 2.99. The Morgan fingerprint density at radius 2 is 2.12 bits per heavy atom. The first-order chi connectivity index (χ1) is 7.55. The fraction of sp³-hybridized carbons (Fsp3) is 0.615. The van der Waals surface area contributed by atoms with Crippen LogP contribution in [0.4, 0.5) is 0 Å². The van der Waals surface area contributed by atoms with Crippen molar-refractivity contribution in [3.8, 4) is 0 Å². The summed E-state index contributed by atoms with van der Waals surface area (Å²) in [6.07, 6.45) is 2.99. The number of rotatable bonds is 6. The lowest BCUT2D eigenvalue weighted by Crippen LogP contribution is -2.32. The molecule has 0 saturated carbocycles. The molecule has 90 valence electrons. The zero-order valence-electron chi connectivity index (χ0n) is 10.5. The molecule has 1 N–H and O–H groups in total. The number of nitrogens with zero attached hydrogens (tertiary/aromatic N) is 1. The normalized spacial score (nSPS) is 11.7. The molecule has 0 saturated heterocycles. The van der Waals surface area contributed by atoms with E-state index in [0.717, 1.165) is 26.1 Å². The van der Waals surface area contributed by atoms with Crippen molar-refractivity contribution in [1.29, 1.82) is 0 Å². The Balaban J connectivity index is 2.32. The highest BCUT2D eigenvalue weighted by Gasteiger charge is 2.13. The lowest BCUT2D eigenvalue weighted by molar-refractivity contribution is 0.326. The summed E-state index contributed by atoms with van der Waals surface area (Å²) in [7, 11) is 0. The fourth-order valence-corrected chi connectivity index (χ4v) is 1.40. The van der Waals surface area contributed by atoms with Crippen LogP contribution < -0.4 is 10.9 Å². The molecule has 1 aromatic rings. The van der Waals surface area contributed by atoms with Crippen LogP contribution in [-0.2, 0) is 6.54 Å². The van der Waals surface area contributed by atoms with Crippen LogP contribution in [0.3, 0.4) is 0 Å². The summed E-state index contributed by atoms with van der Waals surface area (Å²) in [5.41, 5.74) is 0.404. The number of nitrogens with one attached hydrogen (secondary N) is 1. The molecule has 0 amide bonds. The topological polar surface area (TPSA) is 34.0 Å². The Kier molecular flexibility index (Phi) is 4.74. The highest BCUT2D eigenvalue weighted by molar-refractivity contribution is 4.93. The summed E-state index contributed by atoms with van der Waals surface area (Å²) in [6, 6.07) is 5.25. The lowest BCUT2D eigenvalue weighted by atomic mass is 9.90. The van der Waals surface area contributed by atoms with Crippen LogP contribution in [0.25, 0.3) is 0 Å². The Bertz CT molecular complexity index is 368. The molecular formula is C13H22N2O. The SMILES string of the molecule is CCC(C)(C)CNCCn1ccccc1=O. The number of aromatic nitrogens is 1. The second-order valence-corrected chi connectivity index (χ2v) is 4.93. The van der Waals surface area contributed by atoms with Gasteiger partial charge in [0.1, 0.15) is 0 Å². The molecule has 0 aliphatic rings. The van der Waals surface area contributed by atoms with Crippen molar-refractivity contribution in [3.05, 3.63) is 34.7 Å². The van der Waals surface area contributed by atoms with Gasteiger partial charge in [-0.2, -0.15) is 0 Å². The molecular weight excluding hydrogens is 200 g/mol. The van der Waals surface area contributed by atoms with Crippen LogP contribution in [0.2, 0.25) is 0 Å². The summed E-state index contributed by atoms with van der Waals surface area (Å²) in [5, 5.41) is 3.39. The Morgan fingerprint density at radius 1 is 1.38 bits per heavy atom. The minimum absolute atomic E-state index is 0.0686. The van der Waals surface area contributed by atoms with Gasteiger partial charge in [-0.1, -0.05) is 26.8 Å². The molecule has 0 fully saturated rings. The molecule has 16 heavy (non-hydrogen) atoms. The average Bonchev–Trinajstić information content (AvgIpc) is 2.27. The molecule has 1 heterocycles. The van der Waals surface area contributed by atoms with E-state index in [1.807, 2.05) is 12.3 Å². The van der Waals surface area contributed by atoms with Crippen molar-refractivity contribution in [2.24, 2.45) is 5.41 Å². The number of hydrogen-bond acceptors (Lipinski definition) is 2. The quantitative estimate of drug-likeness (QED) is 0.746. The monoisotopic (exact) mass is 222 g/mol. The van der Waals surface area contributed by atoms with E-state index in [4.69, 9.17) is 0 Å². The molecule has 0 bridgehead atoms. The van der Waals surface area contributed by atoms with Crippen molar-refractivity contribution in [2.75, 3.05) is 13.1 Å². The van der Waals surface area contributed by atoms with Gasteiger partial charge in [-0.25, -0.2) is 0 Å². The minimum atomic E-state index is 0.0686. The van der Waals surface area contributed by atoms with Gasteiger partial charge in [0.15, 0.2) is 0 Å². The predicted molar refractivity (Wildman–Crippen MR) is 67.6 cm³/mol. The van der Waals surface area contributed by atoms with Crippen molar-refractivity contribution >= 4 is 0 Å². The Labute approximate surface area is 97.5 Å². The summed E-state index contributed by atoms with van der Waals surface area (Å²) < 4.78 is 1.73. The summed E-state index contributed by atoms with van der Waals surface area (Å²) in [4.78, 5) is 11.4. The van der Waals surface area contributed by atoms with E-state index < -0.39 is 0 Å². The van der Waals surface area contributed by atoms with Gasteiger partial charge in [0.2, 0.25) is 0 Å². The third-order valence-corrected chi connectivity index (χ3v) is 2.99. The summed E-state index contributed by atoms with van der Waals surface area (Å²) in [6.45, 7) is 9.25. The highest BCUT2D eigenvalue weighted by atomic mass is 16.1. The first kappa shape index (κ1) is 13.0. The largest absolute Gasteiger partial charge is 0.314 e. The van der Waals surface area contributed by atoms with Crippen LogP contribution in [-0.4, -0.2) is 17.7 Å². The average molecular weight is 222 g/mol. The molecule has 3 heteroatoms. The van der Waals surface area contributed by atoms with Gasteiger partial charge < -0.3 is 9.88 Å². The van der Waals surface area contributed by atoms with Crippen LogP contribution in [0.1, 0.15) is 27.2 Å². The molecule has 3 nitrogen and oxygen atoms in total. The molecule has 0 aliphatic carbocycles. The van der Waals surface area contributed by atoms with Gasteiger partial charge >= 0.3 is 0 Å². The van der Waals surface area contributed by atoms with Crippen LogP contribution in [0.15, 0.2) is 29.2 Å². The van der Waals surface area contributed by atoms with Gasteiger partial charge in [0.05, 0.1) is 0 Å². The zero-order valence-corrected chi connectivity index (χ0v) is 10.5. The van der Waals surface area contributed by atoms with Gasteiger partial charge in [-0.3, -0.25) is 4.79 Å². The molecule has 0 aliphatic heterocycles. The van der Waals surface area contributed by atoms with Gasteiger partial charge in [-0.15, -0.1) is 0 Å². The maximum atomic E-state index is 11.4. The fourth-order valence-electron chi connectivity index (χ4n) is 1.40. The van der Waals surface area contributed by atoms with Gasteiger partial charge in [-0.05, 0) is 17.9 Å². The van der Waals surface area contributed by atoms with E-state index in [1.54, 1.807) is 16.7 Å². The van der Waals surface area contributed by atoms with Gasteiger partial charge in [0.25, 0.3) is 5.56 Å². The van der Waals surface area contributed by atoms with Crippen molar-refractivity contribution < 1.29 is 0 Å². The first-order valence-electron chi connectivity index (χ1n) is 5.91. The number of hydrogen-bond donors (Lipinski definition) is 1. The van der Waals surface area contributed by atoms with E-state index in [0.29, 0.717) is 5.41 Å². The van der Waals surface area contributed by atoms with Crippen molar-refractivity contribution in [3.63, 3.8) is 0 Å². The smallest absolute Gasteiger partial charge is 0.250 e. The van der Waals surface area contributed by atoms with Crippen LogP contribution in [0, 0.1) is 5.41 Å². The maximum absolute atomic E-state index is 11.4. The van der Waals surface area contributed by atoms with E-state index in [-0.39, 0.29) is 5.56 Å². The molecule has 1 aromatic heterocycles. The standard InChI is InChI=1S/C13H22N2O/c1-4-13(2,3)11-14-8-10-15-9-6-5-7-12(15)16/h5-7,9,14H,4,8,10-11H2,1-3H3. The summed E-state index contributed by atoms with van der Waals surface area (Å²) >= 11 is 0. The maximum Gasteiger partial charge on any atom is 0.250 e. The van der Waals surface area contributed by atoms with E-state index in [1.165, 1.54) is 0 Å². The predicted octanol–water partition coefficient (Wildman–Crippen LogP) is 1.87. The van der Waals surface area contributed by atoms with E-state index in [9.17, 15) is 4.79 Å².